The van der Waals surface area contributed by atoms with Crippen molar-refractivity contribution in [2.45, 2.75) is 6.92 Å². The molecule has 0 aliphatic heterocycles. The number of aryl methyl sites for hydroxylation is 1. The molecule has 0 amide bonds. The van der Waals surface area contributed by atoms with Gasteiger partial charge in [0.15, 0.2) is 0 Å². The van der Waals surface area contributed by atoms with Gasteiger partial charge in [-0.1, -0.05) is 24.3 Å². The average molecular weight is 226 g/mol. The van der Waals surface area contributed by atoms with E-state index < -0.39 is 0 Å². The highest BCUT2D eigenvalue weighted by Gasteiger charge is 2.07. The first-order valence-electron chi connectivity index (χ1n) is 5.35. The average Bonchev–Trinajstić information content (AvgIpc) is 2.30. The molecule has 0 aromatic heterocycles. The molecule has 0 fully saturated rings. The molecule has 0 radical (unpaired) electrons. The minimum atomic E-state index is 0.0101. The number of nitrogens with two attached hydrogens (primary N) is 1. The first-order valence-corrected chi connectivity index (χ1v) is 5.35. The van der Waals surface area contributed by atoms with E-state index in [1.165, 1.54) is 0 Å². The summed E-state index contributed by atoms with van der Waals surface area (Å²) in [6.07, 6.45) is 0. The Labute approximate surface area is 100 Å². The van der Waals surface area contributed by atoms with Crippen LogP contribution in [0.25, 0.3) is 0 Å². The summed E-state index contributed by atoms with van der Waals surface area (Å²) in [6, 6.07) is 15.1. The van der Waals surface area contributed by atoms with E-state index in [9.17, 15) is 0 Å². The van der Waals surface area contributed by atoms with Crippen LogP contribution in [0.15, 0.2) is 48.5 Å². The van der Waals surface area contributed by atoms with Crippen molar-refractivity contribution in [2.75, 3.05) is 0 Å². The van der Waals surface area contributed by atoms with Gasteiger partial charge in [-0.3, -0.25) is 5.41 Å². The van der Waals surface area contributed by atoms with Crippen LogP contribution >= 0.6 is 0 Å². The monoisotopic (exact) mass is 226 g/mol. The van der Waals surface area contributed by atoms with Gasteiger partial charge in [0.2, 0.25) is 0 Å². The molecule has 3 nitrogen and oxygen atoms in total. The van der Waals surface area contributed by atoms with Gasteiger partial charge in [0, 0.05) is 0 Å². The third kappa shape index (κ3) is 2.64. The first-order chi connectivity index (χ1) is 8.16. The summed E-state index contributed by atoms with van der Waals surface area (Å²) < 4.78 is 5.73. The maximum absolute atomic E-state index is 7.51. The molecule has 0 saturated carbocycles. The number of para-hydroxylation sites is 1. The Morgan fingerprint density at radius 3 is 2.47 bits per heavy atom. The number of nitrogens with one attached hydrogen (secondary N) is 1. The Bertz CT molecular complexity index is 535. The van der Waals surface area contributed by atoms with E-state index >= 15 is 0 Å². The minimum absolute atomic E-state index is 0.0101. The normalized spacial score (nSPS) is 9.94. The summed E-state index contributed by atoms with van der Waals surface area (Å²) in [5, 5.41) is 7.51. The van der Waals surface area contributed by atoms with Crippen LogP contribution in [0.2, 0.25) is 0 Å². The molecule has 2 rings (SSSR count). The Morgan fingerprint density at radius 1 is 1.12 bits per heavy atom. The SMILES string of the molecule is Cc1ccc(C(=N)N)c(Oc2ccccc2)c1. The summed E-state index contributed by atoms with van der Waals surface area (Å²) in [4.78, 5) is 0. The fourth-order valence-corrected chi connectivity index (χ4v) is 1.55. The predicted octanol–water partition coefficient (Wildman–Crippen LogP) is 3.07. The van der Waals surface area contributed by atoms with Crippen molar-refractivity contribution >= 4 is 5.84 Å². The number of amidine groups is 1. The van der Waals surface area contributed by atoms with Crippen LogP contribution in [-0.4, -0.2) is 5.84 Å². The van der Waals surface area contributed by atoms with E-state index in [4.69, 9.17) is 15.9 Å². The number of nitrogen functional groups attached to an aromatic ring is 1. The van der Waals surface area contributed by atoms with E-state index in [-0.39, 0.29) is 5.84 Å². The molecule has 0 unspecified atom stereocenters. The van der Waals surface area contributed by atoms with Gasteiger partial charge < -0.3 is 10.5 Å². The van der Waals surface area contributed by atoms with Crippen LogP contribution < -0.4 is 10.5 Å². The summed E-state index contributed by atoms with van der Waals surface area (Å²) in [5.41, 5.74) is 7.20. The van der Waals surface area contributed by atoms with Gasteiger partial charge in [0.05, 0.1) is 5.56 Å². The van der Waals surface area contributed by atoms with Crippen molar-refractivity contribution in [1.29, 1.82) is 5.41 Å². The summed E-state index contributed by atoms with van der Waals surface area (Å²) in [7, 11) is 0. The van der Waals surface area contributed by atoms with Crippen LogP contribution in [0.1, 0.15) is 11.1 Å². The Hall–Kier alpha value is -2.29. The first kappa shape index (κ1) is 11.2. The van der Waals surface area contributed by atoms with Gasteiger partial charge >= 0.3 is 0 Å². The smallest absolute Gasteiger partial charge is 0.138 e. The predicted molar refractivity (Wildman–Crippen MR) is 68.7 cm³/mol. The quantitative estimate of drug-likeness (QED) is 0.624. The Kier molecular flexibility index (Phi) is 3.10. The largest absolute Gasteiger partial charge is 0.457 e. The molecule has 86 valence electrons. The maximum Gasteiger partial charge on any atom is 0.138 e. The van der Waals surface area contributed by atoms with Crippen molar-refractivity contribution in [3.8, 4) is 11.5 Å². The molecule has 0 atom stereocenters. The minimum Gasteiger partial charge on any atom is -0.457 e. The number of ether oxygens (including phenoxy) is 1. The second-order valence-electron chi connectivity index (χ2n) is 3.83. The van der Waals surface area contributed by atoms with E-state index in [2.05, 4.69) is 0 Å². The molecule has 2 aromatic carbocycles. The number of hydrogen-bond donors (Lipinski definition) is 2. The zero-order valence-corrected chi connectivity index (χ0v) is 9.60. The highest BCUT2D eigenvalue weighted by molar-refractivity contribution is 5.97. The fraction of sp³-hybridized carbons (Fsp3) is 0.0714. The van der Waals surface area contributed by atoms with Gasteiger partial charge in [0.1, 0.15) is 17.3 Å². The molecule has 0 bridgehead atoms. The molecule has 17 heavy (non-hydrogen) atoms. The lowest BCUT2D eigenvalue weighted by molar-refractivity contribution is 0.481. The standard InChI is InChI=1S/C14H14N2O/c1-10-7-8-12(14(15)16)13(9-10)17-11-5-3-2-4-6-11/h2-9H,1H3,(H3,15,16). The van der Waals surface area contributed by atoms with E-state index in [1.807, 2.05) is 49.4 Å². The van der Waals surface area contributed by atoms with Crippen molar-refractivity contribution in [3.05, 3.63) is 59.7 Å². The van der Waals surface area contributed by atoms with Crippen LogP contribution in [0.5, 0.6) is 11.5 Å². The van der Waals surface area contributed by atoms with Gasteiger partial charge in [-0.25, -0.2) is 0 Å². The number of benzene rings is 2. The second kappa shape index (κ2) is 4.70. The summed E-state index contributed by atoms with van der Waals surface area (Å²) >= 11 is 0. The van der Waals surface area contributed by atoms with E-state index in [0.717, 1.165) is 11.3 Å². The van der Waals surface area contributed by atoms with Crippen molar-refractivity contribution in [2.24, 2.45) is 5.73 Å². The molecule has 0 spiro atoms. The van der Waals surface area contributed by atoms with Gasteiger partial charge in [-0.15, -0.1) is 0 Å². The zero-order valence-electron chi connectivity index (χ0n) is 9.60. The van der Waals surface area contributed by atoms with Crippen LogP contribution in [0, 0.1) is 12.3 Å². The number of rotatable bonds is 3. The molecular formula is C14H14N2O. The highest BCUT2D eigenvalue weighted by Crippen LogP contribution is 2.25. The zero-order chi connectivity index (χ0) is 12.3. The lowest BCUT2D eigenvalue weighted by Crippen LogP contribution is -2.12. The van der Waals surface area contributed by atoms with Crippen LogP contribution in [-0.2, 0) is 0 Å². The molecule has 3 heteroatoms. The molecule has 2 aromatic rings. The second-order valence-corrected chi connectivity index (χ2v) is 3.83. The third-order valence-corrected chi connectivity index (χ3v) is 2.40. The number of hydrogen-bond acceptors (Lipinski definition) is 2. The topological polar surface area (TPSA) is 59.1 Å². The third-order valence-electron chi connectivity index (χ3n) is 2.40. The van der Waals surface area contributed by atoms with Crippen LogP contribution in [0.3, 0.4) is 0 Å². The van der Waals surface area contributed by atoms with Crippen molar-refractivity contribution in [1.82, 2.24) is 0 Å². The fourth-order valence-electron chi connectivity index (χ4n) is 1.55. The van der Waals surface area contributed by atoms with Gasteiger partial charge in [-0.05, 0) is 36.8 Å². The maximum atomic E-state index is 7.51. The molecule has 0 aliphatic rings. The molecule has 0 aliphatic carbocycles. The molecular weight excluding hydrogens is 212 g/mol. The summed E-state index contributed by atoms with van der Waals surface area (Å²) in [6.45, 7) is 1.97. The van der Waals surface area contributed by atoms with Crippen LogP contribution in [0.4, 0.5) is 0 Å². The van der Waals surface area contributed by atoms with E-state index in [0.29, 0.717) is 11.3 Å². The lowest BCUT2D eigenvalue weighted by atomic mass is 10.1. The van der Waals surface area contributed by atoms with Gasteiger partial charge in [-0.2, -0.15) is 0 Å². The molecule has 3 N–H and O–H groups in total. The van der Waals surface area contributed by atoms with E-state index in [1.54, 1.807) is 6.07 Å². The van der Waals surface area contributed by atoms with Gasteiger partial charge in [0.25, 0.3) is 0 Å². The lowest BCUT2D eigenvalue weighted by Gasteiger charge is -2.10. The van der Waals surface area contributed by atoms with Crippen molar-refractivity contribution in [3.63, 3.8) is 0 Å². The van der Waals surface area contributed by atoms with Crippen molar-refractivity contribution < 1.29 is 4.74 Å². The molecule has 0 saturated heterocycles. The Morgan fingerprint density at radius 2 is 1.82 bits per heavy atom. The Balaban J connectivity index is 2.37. The molecule has 0 heterocycles. The summed E-state index contributed by atoms with van der Waals surface area (Å²) in [5.74, 6) is 1.36. The highest BCUT2D eigenvalue weighted by atomic mass is 16.5.